The van der Waals surface area contributed by atoms with E-state index >= 15 is 0 Å². The van der Waals surface area contributed by atoms with E-state index in [1.807, 2.05) is 41.3 Å². The Balaban J connectivity index is 1.01. The molecule has 4 bridgehead atoms. The largest absolute Gasteiger partial charge is 0.397 e. The van der Waals surface area contributed by atoms with Crippen LogP contribution in [0.15, 0.2) is 48.5 Å². The van der Waals surface area contributed by atoms with Gasteiger partial charge in [0.15, 0.2) is 0 Å². The Bertz CT molecular complexity index is 1010. The maximum Gasteiger partial charge on any atom is 0.321 e. The van der Waals surface area contributed by atoms with E-state index in [1.54, 1.807) is 0 Å². The molecule has 5 nitrogen and oxygen atoms in total. The molecule has 34 heavy (non-hydrogen) atoms. The molecule has 1 heterocycles. The molecule has 0 spiro atoms. The highest BCUT2D eigenvalue weighted by Gasteiger charge is 2.51. The number of carbonyl (C=O) groups excluding carboxylic acids is 1. The van der Waals surface area contributed by atoms with E-state index in [0.29, 0.717) is 22.7 Å². The van der Waals surface area contributed by atoms with Crippen molar-refractivity contribution in [3.63, 3.8) is 0 Å². The lowest BCUT2D eigenvalue weighted by Crippen LogP contribution is -2.56. The third kappa shape index (κ3) is 4.31. The van der Waals surface area contributed by atoms with E-state index in [4.69, 9.17) is 5.73 Å². The molecule has 3 N–H and O–H groups in total. The van der Waals surface area contributed by atoms with Gasteiger partial charge in [0.25, 0.3) is 0 Å². The second kappa shape index (κ2) is 8.60. The van der Waals surface area contributed by atoms with Crippen LogP contribution in [0.4, 0.5) is 16.2 Å². The second-order valence-corrected chi connectivity index (χ2v) is 12.0. The number of benzene rings is 2. The summed E-state index contributed by atoms with van der Waals surface area (Å²) in [4.78, 5) is 17.4. The fraction of sp³-hybridized carbons (Fsp3) is 0.552. The normalized spacial score (nSPS) is 29.9. The van der Waals surface area contributed by atoms with Gasteiger partial charge in [0.05, 0.1) is 11.4 Å². The van der Waals surface area contributed by atoms with Crippen LogP contribution in [-0.2, 0) is 0 Å². The van der Waals surface area contributed by atoms with Crippen molar-refractivity contribution in [2.45, 2.75) is 38.5 Å². The summed E-state index contributed by atoms with van der Waals surface area (Å²) in [5.41, 5.74) is 10.2. The summed E-state index contributed by atoms with van der Waals surface area (Å²) < 4.78 is 0. The zero-order valence-electron chi connectivity index (χ0n) is 20.4. The van der Waals surface area contributed by atoms with Gasteiger partial charge in [0, 0.05) is 32.1 Å². The summed E-state index contributed by atoms with van der Waals surface area (Å²) in [5, 5.41) is 3.05. The van der Waals surface area contributed by atoms with Crippen LogP contribution >= 0.6 is 0 Å². The lowest BCUT2D eigenvalue weighted by atomic mass is 9.49. The Morgan fingerprint density at radius 3 is 2.29 bits per heavy atom. The van der Waals surface area contributed by atoms with Crippen LogP contribution < -0.4 is 11.1 Å². The van der Waals surface area contributed by atoms with Gasteiger partial charge in [-0.25, -0.2) is 4.79 Å². The lowest BCUT2D eigenvalue weighted by molar-refractivity contribution is -0.0692. The molecule has 2 aromatic rings. The first-order valence-corrected chi connectivity index (χ1v) is 13.1. The number of amides is 2. The molecule has 5 aliphatic rings. The first-order valence-electron chi connectivity index (χ1n) is 13.1. The van der Waals surface area contributed by atoms with Gasteiger partial charge >= 0.3 is 6.03 Å². The number of urea groups is 1. The Labute approximate surface area is 203 Å². The molecule has 0 unspecified atom stereocenters. The molecular weight excluding hydrogens is 420 g/mol. The Hall–Kier alpha value is -2.53. The van der Waals surface area contributed by atoms with E-state index in [2.05, 4.69) is 29.4 Å². The van der Waals surface area contributed by atoms with E-state index in [9.17, 15) is 4.79 Å². The zero-order valence-corrected chi connectivity index (χ0v) is 20.4. The number of rotatable bonds is 6. The number of nitrogens with two attached hydrogens (primary N) is 1. The highest BCUT2D eigenvalue weighted by atomic mass is 16.2. The van der Waals surface area contributed by atoms with Crippen molar-refractivity contribution < 1.29 is 4.79 Å². The van der Waals surface area contributed by atoms with Crippen molar-refractivity contribution in [1.82, 2.24) is 9.80 Å². The number of anilines is 2. The molecule has 180 valence electrons. The van der Waals surface area contributed by atoms with Gasteiger partial charge < -0.3 is 20.9 Å². The molecule has 0 radical (unpaired) electrons. The summed E-state index contributed by atoms with van der Waals surface area (Å²) in [6.45, 7) is 4.00. The van der Waals surface area contributed by atoms with Crippen LogP contribution in [0.2, 0.25) is 0 Å². The third-order valence-corrected chi connectivity index (χ3v) is 8.99. The summed E-state index contributed by atoms with van der Waals surface area (Å²) in [6.07, 6.45) is 8.92. The van der Waals surface area contributed by atoms with Crippen LogP contribution in [0, 0.1) is 29.1 Å². The topological polar surface area (TPSA) is 61.6 Å². The van der Waals surface area contributed by atoms with Crippen LogP contribution in [-0.4, -0.2) is 49.1 Å². The van der Waals surface area contributed by atoms with Crippen LogP contribution in [0.5, 0.6) is 0 Å². The van der Waals surface area contributed by atoms with E-state index in [1.165, 1.54) is 45.1 Å². The average molecular weight is 459 g/mol. The SMILES string of the molecule is CN(CC1CN(C(=O)Nc2cc(-c3ccccc3)ccc2N)C1)CC12CC3CC(CC(C3)C1)C2. The molecule has 2 amide bonds. The fourth-order valence-corrected chi connectivity index (χ4v) is 8.08. The summed E-state index contributed by atoms with van der Waals surface area (Å²) in [5.74, 6) is 3.60. The summed E-state index contributed by atoms with van der Waals surface area (Å²) in [7, 11) is 2.30. The quantitative estimate of drug-likeness (QED) is 0.558. The summed E-state index contributed by atoms with van der Waals surface area (Å²) in [6, 6.07) is 16.0. The van der Waals surface area contributed by atoms with Crippen molar-refractivity contribution in [1.29, 1.82) is 0 Å². The number of hydrogen-bond donors (Lipinski definition) is 2. The monoisotopic (exact) mass is 458 g/mol. The molecule has 1 saturated heterocycles. The standard InChI is InChI=1S/C29H38N4O/c1-32(19-29-13-20-9-21(14-29)11-22(10-20)15-29)16-23-17-33(18-23)28(34)31-27-12-25(7-8-26(27)30)24-5-3-2-4-6-24/h2-8,12,20-23H,9-11,13-19,30H2,1H3,(H,31,34). The molecule has 0 atom stereocenters. The van der Waals surface area contributed by atoms with E-state index < -0.39 is 0 Å². The van der Waals surface area contributed by atoms with Crippen molar-refractivity contribution in [2.24, 2.45) is 29.1 Å². The van der Waals surface area contributed by atoms with Crippen molar-refractivity contribution in [3.8, 4) is 11.1 Å². The first kappa shape index (κ1) is 22.0. The van der Waals surface area contributed by atoms with Gasteiger partial charge in [-0.3, -0.25) is 0 Å². The van der Waals surface area contributed by atoms with Gasteiger partial charge in [0.1, 0.15) is 0 Å². The zero-order chi connectivity index (χ0) is 23.3. The van der Waals surface area contributed by atoms with Crippen LogP contribution in [0.1, 0.15) is 38.5 Å². The van der Waals surface area contributed by atoms with Gasteiger partial charge in [0.2, 0.25) is 0 Å². The number of carbonyl (C=O) groups is 1. The highest BCUT2D eigenvalue weighted by Crippen LogP contribution is 2.60. The Kier molecular flexibility index (Phi) is 5.56. The minimum atomic E-state index is -0.0445. The predicted octanol–water partition coefficient (Wildman–Crippen LogP) is 5.55. The fourth-order valence-electron chi connectivity index (χ4n) is 8.08. The van der Waals surface area contributed by atoms with Gasteiger partial charge in [-0.1, -0.05) is 36.4 Å². The number of hydrogen-bond acceptors (Lipinski definition) is 3. The molecule has 5 fully saturated rings. The average Bonchev–Trinajstić information content (AvgIpc) is 2.76. The molecule has 4 saturated carbocycles. The molecule has 1 aliphatic heterocycles. The Morgan fingerprint density at radius 2 is 1.65 bits per heavy atom. The number of likely N-dealkylation sites (tertiary alicyclic amines) is 1. The lowest BCUT2D eigenvalue weighted by Gasteiger charge is -2.58. The molecular formula is C29H38N4O. The smallest absolute Gasteiger partial charge is 0.321 e. The number of nitrogens with one attached hydrogen (secondary N) is 1. The van der Waals surface area contributed by atoms with Crippen molar-refractivity contribution >= 4 is 17.4 Å². The van der Waals surface area contributed by atoms with Gasteiger partial charge in [-0.05, 0) is 92.0 Å². The van der Waals surface area contributed by atoms with Crippen LogP contribution in [0.25, 0.3) is 11.1 Å². The minimum Gasteiger partial charge on any atom is -0.397 e. The second-order valence-electron chi connectivity index (χ2n) is 12.0. The van der Waals surface area contributed by atoms with E-state index in [0.717, 1.165) is 48.5 Å². The van der Waals surface area contributed by atoms with Crippen molar-refractivity contribution in [3.05, 3.63) is 48.5 Å². The molecule has 4 aliphatic carbocycles. The predicted molar refractivity (Wildman–Crippen MR) is 138 cm³/mol. The Morgan fingerprint density at radius 1 is 1.00 bits per heavy atom. The first-order chi connectivity index (χ1) is 16.4. The van der Waals surface area contributed by atoms with Gasteiger partial charge in [-0.2, -0.15) is 0 Å². The van der Waals surface area contributed by atoms with Crippen LogP contribution in [0.3, 0.4) is 0 Å². The molecule has 5 heteroatoms. The number of nitrogen functional groups attached to an aromatic ring is 1. The molecule has 2 aromatic carbocycles. The minimum absolute atomic E-state index is 0.0445. The summed E-state index contributed by atoms with van der Waals surface area (Å²) >= 11 is 0. The maximum atomic E-state index is 12.9. The van der Waals surface area contributed by atoms with Gasteiger partial charge in [-0.15, -0.1) is 0 Å². The molecule has 0 aromatic heterocycles. The maximum absolute atomic E-state index is 12.9. The number of nitrogens with zero attached hydrogens (tertiary/aromatic N) is 2. The van der Waals surface area contributed by atoms with Crippen molar-refractivity contribution in [2.75, 3.05) is 44.3 Å². The molecule has 7 rings (SSSR count). The van der Waals surface area contributed by atoms with E-state index in [-0.39, 0.29) is 6.03 Å². The highest BCUT2D eigenvalue weighted by molar-refractivity contribution is 5.94. The third-order valence-electron chi connectivity index (χ3n) is 8.99.